The van der Waals surface area contributed by atoms with Crippen LogP contribution in [0.2, 0.25) is 0 Å². The number of nitrogens with one attached hydrogen (secondary N) is 1. The molecule has 0 aromatic carbocycles. The van der Waals surface area contributed by atoms with Crippen LogP contribution in [-0.2, 0) is 4.74 Å². The number of ether oxygens (including phenoxy) is 1. The molecule has 1 N–H and O–H groups in total. The summed E-state index contributed by atoms with van der Waals surface area (Å²) in [4.78, 5) is 11.0. The highest BCUT2D eigenvalue weighted by Crippen LogP contribution is 2.22. The number of likely N-dealkylation sites (N-methyl/N-ethyl adjacent to an activating group) is 1. The van der Waals surface area contributed by atoms with Gasteiger partial charge in [0, 0.05) is 32.0 Å². The van der Waals surface area contributed by atoms with E-state index >= 15 is 0 Å². The molecule has 1 fully saturated rings. The van der Waals surface area contributed by atoms with E-state index in [0.717, 1.165) is 37.6 Å². The topological polar surface area (TPSA) is 50.3 Å². The molecule has 94 valence electrons. The lowest BCUT2D eigenvalue weighted by Gasteiger charge is -2.25. The molecule has 0 radical (unpaired) electrons. The Morgan fingerprint density at radius 3 is 3.06 bits per heavy atom. The third-order valence-corrected chi connectivity index (χ3v) is 3.07. The van der Waals surface area contributed by atoms with Crippen LogP contribution in [0.25, 0.3) is 0 Å². The van der Waals surface area contributed by atoms with E-state index in [-0.39, 0.29) is 0 Å². The van der Waals surface area contributed by atoms with E-state index in [2.05, 4.69) is 27.2 Å². The summed E-state index contributed by atoms with van der Waals surface area (Å²) in [5.74, 6) is 1.69. The fourth-order valence-electron chi connectivity index (χ4n) is 2.03. The van der Waals surface area contributed by atoms with Crippen LogP contribution in [0.4, 0.5) is 11.8 Å². The van der Waals surface area contributed by atoms with Crippen LogP contribution in [0.15, 0.2) is 6.20 Å². The van der Waals surface area contributed by atoms with E-state index in [4.69, 9.17) is 4.74 Å². The van der Waals surface area contributed by atoms with Gasteiger partial charge in [0.2, 0.25) is 5.95 Å². The van der Waals surface area contributed by atoms with Gasteiger partial charge in [-0.2, -0.15) is 4.98 Å². The average Bonchev–Trinajstić information content (AvgIpc) is 2.85. The van der Waals surface area contributed by atoms with Crippen molar-refractivity contribution in [3.05, 3.63) is 11.8 Å². The van der Waals surface area contributed by atoms with E-state index in [1.807, 2.05) is 20.0 Å². The Morgan fingerprint density at radius 2 is 2.41 bits per heavy atom. The van der Waals surface area contributed by atoms with Crippen LogP contribution in [0, 0.1) is 6.92 Å². The van der Waals surface area contributed by atoms with Crippen molar-refractivity contribution in [1.82, 2.24) is 9.97 Å². The monoisotopic (exact) mass is 236 g/mol. The smallest absolute Gasteiger partial charge is 0.224 e. The molecule has 0 spiro atoms. The zero-order chi connectivity index (χ0) is 12.3. The van der Waals surface area contributed by atoms with Crippen LogP contribution >= 0.6 is 0 Å². The van der Waals surface area contributed by atoms with Crippen molar-refractivity contribution in [1.29, 1.82) is 0 Å². The van der Waals surface area contributed by atoms with Crippen LogP contribution in [0.5, 0.6) is 0 Å². The highest BCUT2D eigenvalue weighted by molar-refractivity contribution is 5.49. The Kier molecular flexibility index (Phi) is 3.78. The van der Waals surface area contributed by atoms with Gasteiger partial charge in [-0.1, -0.05) is 0 Å². The van der Waals surface area contributed by atoms with Crippen molar-refractivity contribution in [2.24, 2.45) is 0 Å². The lowest BCUT2D eigenvalue weighted by molar-refractivity contribution is 0.193. The number of aryl methyl sites for hydroxylation is 1. The van der Waals surface area contributed by atoms with Crippen LogP contribution < -0.4 is 10.2 Å². The fraction of sp³-hybridized carbons (Fsp3) is 0.667. The van der Waals surface area contributed by atoms with Gasteiger partial charge in [-0.3, -0.25) is 0 Å². The van der Waals surface area contributed by atoms with Crippen molar-refractivity contribution in [3.8, 4) is 0 Å². The summed E-state index contributed by atoms with van der Waals surface area (Å²) in [5.41, 5.74) is 1.10. The van der Waals surface area contributed by atoms with E-state index in [1.54, 1.807) is 0 Å². The zero-order valence-corrected chi connectivity index (χ0v) is 10.7. The first kappa shape index (κ1) is 12.1. The van der Waals surface area contributed by atoms with E-state index < -0.39 is 0 Å². The quantitative estimate of drug-likeness (QED) is 0.857. The Hall–Kier alpha value is -1.36. The molecule has 5 nitrogen and oxygen atoms in total. The minimum atomic E-state index is 0.429. The SMILES string of the molecule is CCNc1ncc(C)c(N(C)C2CCOC2)n1. The van der Waals surface area contributed by atoms with Gasteiger partial charge >= 0.3 is 0 Å². The Balaban J connectivity index is 2.19. The molecule has 1 aliphatic heterocycles. The minimum absolute atomic E-state index is 0.429. The molecule has 5 heteroatoms. The largest absolute Gasteiger partial charge is 0.379 e. The van der Waals surface area contributed by atoms with Gasteiger partial charge in [0.15, 0.2) is 0 Å². The van der Waals surface area contributed by atoms with Crippen molar-refractivity contribution in [2.45, 2.75) is 26.3 Å². The number of aromatic nitrogens is 2. The number of hydrogen-bond acceptors (Lipinski definition) is 5. The number of nitrogens with zero attached hydrogens (tertiary/aromatic N) is 3. The van der Waals surface area contributed by atoms with Gasteiger partial charge < -0.3 is 15.0 Å². The molecule has 1 aromatic rings. The predicted molar refractivity (Wildman–Crippen MR) is 68.6 cm³/mol. The first-order valence-electron chi connectivity index (χ1n) is 6.10. The second kappa shape index (κ2) is 5.31. The Bertz CT molecular complexity index is 377. The third-order valence-electron chi connectivity index (χ3n) is 3.07. The van der Waals surface area contributed by atoms with Gasteiger partial charge in [0.1, 0.15) is 5.82 Å². The summed E-state index contributed by atoms with van der Waals surface area (Å²) in [6.07, 6.45) is 2.93. The first-order valence-corrected chi connectivity index (χ1v) is 6.10. The average molecular weight is 236 g/mol. The maximum absolute atomic E-state index is 5.42. The number of rotatable bonds is 4. The summed E-state index contributed by atoms with van der Waals surface area (Å²) in [6.45, 7) is 6.54. The molecule has 1 saturated heterocycles. The molecule has 1 aliphatic rings. The predicted octanol–water partition coefficient (Wildman–Crippen LogP) is 1.44. The standard InChI is InChI=1S/C12H20N4O/c1-4-13-12-14-7-9(2)11(15-12)16(3)10-5-6-17-8-10/h7,10H,4-6,8H2,1-3H3,(H,13,14,15). The molecule has 1 unspecified atom stereocenters. The first-order chi connectivity index (χ1) is 8.22. The van der Waals surface area contributed by atoms with Crippen molar-refractivity contribution in [2.75, 3.05) is 37.0 Å². The van der Waals surface area contributed by atoms with Crippen LogP contribution in [-0.4, -0.2) is 42.8 Å². The summed E-state index contributed by atoms with van der Waals surface area (Å²) >= 11 is 0. The van der Waals surface area contributed by atoms with Crippen LogP contribution in [0.3, 0.4) is 0 Å². The normalized spacial score (nSPS) is 19.4. The molecule has 1 atom stereocenters. The molecular formula is C12H20N4O. The second-order valence-electron chi connectivity index (χ2n) is 4.36. The van der Waals surface area contributed by atoms with Crippen molar-refractivity contribution < 1.29 is 4.74 Å². The lowest BCUT2D eigenvalue weighted by Crippen LogP contribution is -2.33. The van der Waals surface area contributed by atoms with Gasteiger partial charge in [-0.25, -0.2) is 4.98 Å². The van der Waals surface area contributed by atoms with Crippen molar-refractivity contribution >= 4 is 11.8 Å². The van der Waals surface area contributed by atoms with Gasteiger partial charge in [0.05, 0.1) is 12.6 Å². The van der Waals surface area contributed by atoms with E-state index in [0.29, 0.717) is 12.0 Å². The van der Waals surface area contributed by atoms with Gasteiger partial charge in [-0.15, -0.1) is 0 Å². The molecular weight excluding hydrogens is 216 g/mol. The molecule has 0 aliphatic carbocycles. The molecule has 17 heavy (non-hydrogen) atoms. The molecule has 1 aromatic heterocycles. The fourth-order valence-corrected chi connectivity index (χ4v) is 2.03. The summed E-state index contributed by atoms with van der Waals surface area (Å²) in [5, 5.41) is 3.14. The molecule has 2 rings (SSSR count). The molecule has 2 heterocycles. The van der Waals surface area contributed by atoms with E-state index in [1.165, 1.54) is 0 Å². The highest BCUT2D eigenvalue weighted by Gasteiger charge is 2.22. The molecule has 0 bridgehead atoms. The maximum atomic E-state index is 5.42. The van der Waals surface area contributed by atoms with E-state index in [9.17, 15) is 0 Å². The zero-order valence-electron chi connectivity index (χ0n) is 10.7. The maximum Gasteiger partial charge on any atom is 0.224 e. The van der Waals surface area contributed by atoms with Gasteiger partial charge in [-0.05, 0) is 20.3 Å². The Labute approximate surface area is 102 Å². The van der Waals surface area contributed by atoms with Gasteiger partial charge in [0.25, 0.3) is 0 Å². The lowest BCUT2D eigenvalue weighted by atomic mass is 10.2. The molecule has 0 amide bonds. The summed E-state index contributed by atoms with van der Waals surface area (Å²) < 4.78 is 5.42. The minimum Gasteiger partial charge on any atom is -0.379 e. The third kappa shape index (κ3) is 2.66. The second-order valence-corrected chi connectivity index (χ2v) is 4.36. The number of hydrogen-bond donors (Lipinski definition) is 1. The summed E-state index contributed by atoms with van der Waals surface area (Å²) in [6, 6.07) is 0.429. The molecule has 0 saturated carbocycles. The van der Waals surface area contributed by atoms with Crippen LogP contribution in [0.1, 0.15) is 18.9 Å². The Morgan fingerprint density at radius 1 is 1.59 bits per heavy atom. The highest BCUT2D eigenvalue weighted by atomic mass is 16.5. The summed E-state index contributed by atoms with van der Waals surface area (Å²) in [7, 11) is 2.07. The van der Waals surface area contributed by atoms with Crippen molar-refractivity contribution in [3.63, 3.8) is 0 Å². The number of anilines is 2.